The summed E-state index contributed by atoms with van der Waals surface area (Å²) in [7, 11) is 0. The number of hydrogen-bond donors (Lipinski definition) is 0. The van der Waals surface area contributed by atoms with Crippen LogP contribution < -0.4 is 20.3 Å². The monoisotopic (exact) mass is 705 g/mol. The first-order chi connectivity index (χ1) is 37.9. The number of nitrogens with zero attached hydrogens (tertiary/aromatic N) is 1. The molecule has 0 saturated carbocycles. The van der Waals surface area contributed by atoms with Crippen LogP contribution in [-0.2, 0) is 0 Å². The quantitative estimate of drug-likeness (QED) is 0.172. The Balaban J connectivity index is 1.23. The Kier molecular flexibility index (Phi) is 2.62. The third kappa shape index (κ3) is 4.13. The third-order valence-corrected chi connectivity index (χ3v) is 8.99. The highest BCUT2D eigenvalue weighted by Gasteiger charge is 2.41. The lowest BCUT2D eigenvalue weighted by molar-refractivity contribution is 0.479. The maximum atomic E-state index is 10.0. The van der Waals surface area contributed by atoms with Gasteiger partial charge in [-0.1, -0.05) is 109 Å². The van der Waals surface area contributed by atoms with Crippen LogP contribution in [0.5, 0.6) is 17.2 Å². The van der Waals surface area contributed by atoms with E-state index < -0.39 is 282 Å². The second kappa shape index (κ2) is 10.8. The molecule has 0 fully saturated rings. The highest BCUT2D eigenvalue weighted by molar-refractivity contribution is 6.84. The van der Waals surface area contributed by atoms with Gasteiger partial charge in [0, 0.05) is 49.8 Å². The maximum Gasteiger partial charge on any atom is 0.434 e. The van der Waals surface area contributed by atoms with E-state index in [4.69, 9.17) is 38.5 Å². The molecule has 0 atom stereocenters. The lowest BCUT2D eigenvalue weighted by Crippen LogP contribution is -2.53. The van der Waals surface area contributed by atoms with Gasteiger partial charge in [0.2, 0.25) is 0 Å². The minimum Gasteiger partial charge on any atom is -0.551 e. The average molecular weight is 706 g/mol. The van der Waals surface area contributed by atoms with Crippen molar-refractivity contribution in [2.24, 2.45) is 0 Å². The molecule has 0 spiro atoms. The molecule has 0 N–H and O–H groups in total. The minimum atomic E-state index is -1.95. The Bertz CT molecular complexity index is 4690. The second-order valence-corrected chi connectivity index (χ2v) is 11.8. The predicted octanol–water partition coefficient (Wildman–Crippen LogP) is 11.3. The Morgan fingerprint density at radius 3 is 1.92 bits per heavy atom. The first-order valence-corrected chi connectivity index (χ1v) is 15.8. The molecular formula is C48H28BNO3. The van der Waals surface area contributed by atoms with Gasteiger partial charge in [0.05, 0.1) is 49.4 Å². The molecule has 4 heterocycles. The molecule has 8 aromatic carbocycles. The molecule has 2 aliphatic rings. The van der Waals surface area contributed by atoms with E-state index in [9.17, 15) is 13.7 Å². The summed E-state index contributed by atoms with van der Waals surface area (Å²) < 4.78 is 272. The zero-order valence-electron chi connectivity index (χ0n) is 54.2. The number of furan rings is 1. The summed E-state index contributed by atoms with van der Waals surface area (Å²) in [6.45, 7) is -1.95. The molecule has 0 radical (unpaired) electrons. The molecule has 0 amide bonds. The van der Waals surface area contributed by atoms with Crippen LogP contribution in [0.1, 0.15) is 38.4 Å². The number of para-hydroxylation sites is 4. The molecule has 5 heteroatoms. The minimum absolute atomic E-state index is 0.380. The summed E-state index contributed by atoms with van der Waals surface area (Å²) in [5.41, 5.74) is -8.40. The fourth-order valence-corrected chi connectivity index (χ4v) is 6.74. The van der Waals surface area contributed by atoms with E-state index in [1.807, 2.05) is 0 Å². The molecule has 4 nitrogen and oxygen atoms in total. The molecular weight excluding hydrogens is 649 g/mol. The van der Waals surface area contributed by atoms with Crippen molar-refractivity contribution in [2.45, 2.75) is 0 Å². The predicted molar refractivity (Wildman–Crippen MR) is 217 cm³/mol. The van der Waals surface area contributed by atoms with Crippen LogP contribution in [0.2, 0.25) is 0 Å². The first kappa shape index (κ1) is 12.9. The van der Waals surface area contributed by atoms with Crippen molar-refractivity contribution in [1.82, 2.24) is 4.57 Å². The SMILES string of the molecule is [2H]c1c([2H])c([2H])c2c(c1[2H])OB1c3c([2H])c([2H])c(-n4c5c([2H])c([2H])c([2H])c([2H])c5c5c([2H])c([2H])c([2H])c([2H])c54)c([2H])c3Oc3c([2H])c(-c4c([2H])c([2H])c([2H])c([2H])c4-c4c([2H])c([2H])c5c(oc6c([2H])c([2H])c([2H])c([2H])c65)c4[2H])c([2H])c-2c31. The highest BCUT2D eigenvalue weighted by atomic mass is 16.5. The van der Waals surface area contributed by atoms with Crippen LogP contribution in [0, 0.1) is 0 Å². The van der Waals surface area contributed by atoms with Gasteiger partial charge in [-0.15, -0.1) is 0 Å². The van der Waals surface area contributed by atoms with Crippen molar-refractivity contribution < 1.29 is 52.2 Å². The van der Waals surface area contributed by atoms with Crippen molar-refractivity contribution in [1.29, 1.82) is 0 Å². The number of benzene rings is 8. The summed E-state index contributed by atoms with van der Waals surface area (Å²) in [6, 6.07) is -24.4. The summed E-state index contributed by atoms with van der Waals surface area (Å²) in [5.74, 6) is -2.24. The Morgan fingerprint density at radius 2 is 1.11 bits per heavy atom. The second-order valence-electron chi connectivity index (χ2n) is 11.8. The molecule has 2 aliphatic heterocycles. The van der Waals surface area contributed by atoms with E-state index in [1.54, 1.807) is 0 Å². The van der Waals surface area contributed by atoms with Crippen molar-refractivity contribution in [3.63, 3.8) is 0 Å². The fraction of sp³-hybridized carbons (Fsp3) is 0. The molecule has 12 rings (SSSR count). The van der Waals surface area contributed by atoms with E-state index in [0.717, 1.165) is 4.57 Å². The molecule has 0 unspecified atom stereocenters. The maximum absolute atomic E-state index is 10.0. The Hall–Kier alpha value is -6.98. The highest BCUT2D eigenvalue weighted by Crippen LogP contribution is 2.44. The lowest BCUT2D eigenvalue weighted by atomic mass is 9.50. The van der Waals surface area contributed by atoms with Crippen LogP contribution in [0.3, 0.4) is 0 Å². The smallest absolute Gasteiger partial charge is 0.434 e. The van der Waals surface area contributed by atoms with Crippen LogP contribution in [0.4, 0.5) is 0 Å². The van der Waals surface area contributed by atoms with Gasteiger partial charge in [-0.2, -0.15) is 0 Å². The molecule has 10 aromatic rings. The third-order valence-electron chi connectivity index (χ3n) is 8.99. The van der Waals surface area contributed by atoms with E-state index in [2.05, 4.69) is 0 Å². The van der Waals surface area contributed by atoms with Gasteiger partial charge in [-0.25, -0.2) is 0 Å². The van der Waals surface area contributed by atoms with E-state index in [-0.39, 0.29) is 5.39 Å². The van der Waals surface area contributed by atoms with E-state index in [1.165, 1.54) is 0 Å². The molecule has 53 heavy (non-hydrogen) atoms. The number of ether oxygens (including phenoxy) is 1. The molecule has 246 valence electrons. The zero-order valence-corrected chi connectivity index (χ0v) is 26.2. The normalized spacial score (nSPS) is 20.2. The van der Waals surface area contributed by atoms with Gasteiger partial charge in [0.15, 0.2) is 0 Å². The standard InChI is InChI=1S/C48H28BNO3/c1-2-12-33(32(11-1)29-21-23-38-36-15-5-9-19-43(36)51-45(38)26-29)30-25-39-37-16-6-10-20-44(37)53-49-40-24-22-31(28-46(40)52-47(27-30)48(39)49)50-41-17-7-3-13-34(41)35-14-4-8-18-42(35)50/h1-28H/i1D,2D,3D,4D,5D,6D,7D,8D,9D,10D,11D,12D,13D,14D,15D,16D,17D,18D,19D,20D,21D,22D,23D,24D,25D,26D,27D,28D. The summed E-state index contributed by atoms with van der Waals surface area (Å²) in [5, 5.41) is -1.72. The van der Waals surface area contributed by atoms with Crippen LogP contribution in [0.15, 0.2) is 174 Å². The van der Waals surface area contributed by atoms with Crippen LogP contribution in [-0.4, -0.2) is 11.5 Å². The van der Waals surface area contributed by atoms with Gasteiger partial charge in [-0.05, 0) is 82.2 Å². The summed E-state index contributed by atoms with van der Waals surface area (Å²) in [6.07, 6.45) is 0. The van der Waals surface area contributed by atoms with Gasteiger partial charge in [0.1, 0.15) is 28.4 Å². The first-order valence-electron chi connectivity index (χ1n) is 29.8. The van der Waals surface area contributed by atoms with Crippen molar-refractivity contribution in [3.05, 3.63) is 169 Å². The lowest BCUT2D eigenvalue weighted by Gasteiger charge is -2.33. The Labute approximate surface area is 344 Å². The topological polar surface area (TPSA) is 36.5 Å². The van der Waals surface area contributed by atoms with Crippen molar-refractivity contribution in [2.75, 3.05) is 0 Å². The number of rotatable bonds is 3. The Morgan fingerprint density at radius 1 is 0.453 bits per heavy atom. The molecule has 2 aromatic heterocycles. The zero-order chi connectivity index (χ0) is 59.0. The number of fused-ring (bicyclic) bond motifs is 10. The largest absolute Gasteiger partial charge is 0.551 e. The van der Waals surface area contributed by atoms with Crippen molar-refractivity contribution in [3.8, 4) is 56.3 Å². The number of hydrogen-bond acceptors (Lipinski definition) is 3. The van der Waals surface area contributed by atoms with Crippen LogP contribution >= 0.6 is 0 Å². The van der Waals surface area contributed by atoms with E-state index in [0.29, 0.717) is 0 Å². The van der Waals surface area contributed by atoms with Crippen molar-refractivity contribution >= 4 is 61.6 Å². The summed E-state index contributed by atoms with van der Waals surface area (Å²) >= 11 is 0. The van der Waals surface area contributed by atoms with E-state index >= 15 is 0 Å². The van der Waals surface area contributed by atoms with Gasteiger partial charge >= 0.3 is 6.92 Å². The molecule has 0 bridgehead atoms. The van der Waals surface area contributed by atoms with Gasteiger partial charge in [-0.3, -0.25) is 0 Å². The van der Waals surface area contributed by atoms with Gasteiger partial charge < -0.3 is 18.4 Å². The molecule has 0 aliphatic carbocycles. The fourth-order valence-electron chi connectivity index (χ4n) is 6.74. The number of aromatic nitrogens is 1. The van der Waals surface area contributed by atoms with Crippen LogP contribution in [0.25, 0.3) is 82.8 Å². The average Bonchev–Trinajstić information content (AvgIpc) is 3.83. The summed E-state index contributed by atoms with van der Waals surface area (Å²) in [4.78, 5) is 0. The van der Waals surface area contributed by atoms with Gasteiger partial charge in [0.25, 0.3) is 0 Å². The molecule has 0 saturated heterocycles.